The van der Waals surface area contributed by atoms with Crippen LogP contribution in [0, 0.1) is 0 Å². The second kappa shape index (κ2) is 12.4. The van der Waals surface area contributed by atoms with Crippen LogP contribution in [0.2, 0.25) is 0 Å². The van der Waals surface area contributed by atoms with Crippen molar-refractivity contribution in [2.45, 2.75) is 5.41 Å². The Morgan fingerprint density at radius 1 is 0.236 bits per heavy atom. The lowest BCUT2D eigenvalue weighted by Gasteiger charge is -2.30. The van der Waals surface area contributed by atoms with Crippen molar-refractivity contribution in [3.8, 4) is 78.7 Å². The van der Waals surface area contributed by atoms with Crippen LogP contribution in [0.1, 0.15) is 22.3 Å². The summed E-state index contributed by atoms with van der Waals surface area (Å²) in [5.74, 6) is 1.95. The molecule has 0 radical (unpaired) electrons. The third-order valence-electron chi connectivity index (χ3n) is 11.4. The lowest BCUT2D eigenvalue weighted by Crippen LogP contribution is -2.25. The van der Waals surface area contributed by atoms with Crippen molar-refractivity contribution in [2.75, 3.05) is 0 Å². The van der Waals surface area contributed by atoms with Gasteiger partial charge in [0, 0.05) is 16.7 Å². The molecule has 0 bridgehead atoms. The minimum absolute atomic E-state index is 0.442. The fourth-order valence-corrected chi connectivity index (χ4v) is 8.97. The van der Waals surface area contributed by atoms with Crippen LogP contribution in [-0.2, 0) is 5.41 Å². The van der Waals surface area contributed by atoms with Crippen molar-refractivity contribution in [2.24, 2.45) is 0 Å². The van der Waals surface area contributed by atoms with Gasteiger partial charge in [0.25, 0.3) is 0 Å². The van der Waals surface area contributed by atoms with Crippen molar-refractivity contribution in [1.29, 1.82) is 0 Å². The van der Waals surface area contributed by atoms with Crippen LogP contribution in [0.4, 0.5) is 0 Å². The molecule has 256 valence electrons. The summed E-state index contributed by atoms with van der Waals surface area (Å²) in [6, 6.07) is 71.4. The van der Waals surface area contributed by atoms with E-state index >= 15 is 0 Å². The monoisotopic (exact) mass is 699 g/mol. The number of nitrogens with zero attached hydrogens (tertiary/aromatic N) is 3. The quantitative estimate of drug-likeness (QED) is 0.179. The molecule has 0 fully saturated rings. The normalized spacial score (nSPS) is 12.9. The highest BCUT2D eigenvalue weighted by molar-refractivity contribution is 5.99. The summed E-state index contributed by atoms with van der Waals surface area (Å²) in [4.78, 5) is 15.6. The number of hydrogen-bond acceptors (Lipinski definition) is 3. The average Bonchev–Trinajstić information content (AvgIpc) is 3.75. The topological polar surface area (TPSA) is 38.7 Å². The van der Waals surface area contributed by atoms with E-state index in [1.807, 2.05) is 24.3 Å². The molecule has 9 aromatic rings. The van der Waals surface area contributed by atoms with E-state index in [1.165, 1.54) is 55.6 Å². The highest BCUT2D eigenvalue weighted by Crippen LogP contribution is 2.63. The van der Waals surface area contributed by atoms with Crippen molar-refractivity contribution < 1.29 is 0 Å². The first kappa shape index (κ1) is 31.3. The molecule has 3 heteroatoms. The molecule has 2 aliphatic carbocycles. The molecule has 0 saturated heterocycles. The Balaban J connectivity index is 1.07. The molecule has 0 amide bonds. The second-order valence-corrected chi connectivity index (χ2v) is 14.3. The van der Waals surface area contributed by atoms with Crippen molar-refractivity contribution in [3.05, 3.63) is 222 Å². The molecular formula is C52H33N3. The van der Waals surface area contributed by atoms with E-state index in [1.54, 1.807) is 0 Å². The van der Waals surface area contributed by atoms with Gasteiger partial charge in [0.1, 0.15) is 0 Å². The lowest BCUT2D eigenvalue weighted by atomic mass is 9.70. The average molecular weight is 700 g/mol. The van der Waals surface area contributed by atoms with Crippen molar-refractivity contribution >= 4 is 0 Å². The lowest BCUT2D eigenvalue weighted by molar-refractivity contribution is 0.794. The van der Waals surface area contributed by atoms with Crippen molar-refractivity contribution in [1.82, 2.24) is 15.0 Å². The van der Waals surface area contributed by atoms with Gasteiger partial charge in [0.05, 0.1) is 5.41 Å². The Morgan fingerprint density at radius 3 is 1.13 bits per heavy atom. The fraction of sp³-hybridized carbons (Fsp3) is 0.0192. The zero-order chi connectivity index (χ0) is 36.3. The number of hydrogen-bond donors (Lipinski definition) is 0. The Kier molecular flexibility index (Phi) is 7.08. The molecule has 0 atom stereocenters. The van der Waals surface area contributed by atoms with Crippen LogP contribution in [0.25, 0.3) is 78.7 Å². The van der Waals surface area contributed by atoms with Gasteiger partial charge in [-0.1, -0.05) is 200 Å². The van der Waals surface area contributed by atoms with Crippen molar-refractivity contribution in [3.63, 3.8) is 0 Å². The Hall–Kier alpha value is -7.23. The third-order valence-corrected chi connectivity index (χ3v) is 11.4. The van der Waals surface area contributed by atoms with Crippen LogP contribution in [0.5, 0.6) is 0 Å². The summed E-state index contributed by atoms with van der Waals surface area (Å²) in [5.41, 5.74) is 17.3. The molecule has 11 rings (SSSR count). The smallest absolute Gasteiger partial charge is 0.164 e. The molecule has 55 heavy (non-hydrogen) atoms. The van der Waals surface area contributed by atoms with E-state index in [0.717, 1.165) is 27.8 Å². The Morgan fingerprint density at radius 2 is 0.582 bits per heavy atom. The number of rotatable bonds is 5. The van der Waals surface area contributed by atoms with Gasteiger partial charge >= 0.3 is 0 Å². The first-order chi connectivity index (χ1) is 27.3. The van der Waals surface area contributed by atoms with Gasteiger partial charge in [-0.25, -0.2) is 15.0 Å². The first-order valence-corrected chi connectivity index (χ1v) is 18.8. The van der Waals surface area contributed by atoms with Crippen LogP contribution in [0.3, 0.4) is 0 Å². The summed E-state index contributed by atoms with van der Waals surface area (Å²) in [6.45, 7) is 0. The maximum Gasteiger partial charge on any atom is 0.164 e. The van der Waals surface area contributed by atoms with Gasteiger partial charge in [0.2, 0.25) is 0 Å². The number of fused-ring (bicyclic) bond motifs is 10. The van der Waals surface area contributed by atoms with E-state index in [0.29, 0.717) is 17.5 Å². The summed E-state index contributed by atoms with van der Waals surface area (Å²) < 4.78 is 0. The summed E-state index contributed by atoms with van der Waals surface area (Å²) >= 11 is 0. The minimum Gasteiger partial charge on any atom is -0.208 e. The molecule has 0 N–H and O–H groups in total. The first-order valence-electron chi connectivity index (χ1n) is 18.8. The maximum absolute atomic E-state index is 5.28. The Bertz CT molecular complexity index is 2850. The van der Waals surface area contributed by atoms with E-state index in [2.05, 4.69) is 176 Å². The molecule has 1 spiro atoms. The SMILES string of the molecule is c1ccc(-c2ccc(-c3ccc(-c4nc(-c5ccccc5)nc(-c5cccc6c5-c5ccccc5C65c6ccccc6-c6ccccc65)n4)cc3)cc2)cc1. The summed E-state index contributed by atoms with van der Waals surface area (Å²) in [6.07, 6.45) is 0. The van der Waals surface area contributed by atoms with E-state index in [4.69, 9.17) is 15.0 Å². The van der Waals surface area contributed by atoms with Gasteiger partial charge in [0.15, 0.2) is 17.5 Å². The van der Waals surface area contributed by atoms with E-state index in [9.17, 15) is 0 Å². The molecule has 0 aliphatic heterocycles. The van der Waals surface area contributed by atoms with Gasteiger partial charge < -0.3 is 0 Å². The molecule has 8 aromatic carbocycles. The summed E-state index contributed by atoms with van der Waals surface area (Å²) in [7, 11) is 0. The van der Waals surface area contributed by atoms with Gasteiger partial charge in [-0.05, 0) is 66.8 Å². The number of aromatic nitrogens is 3. The molecular weight excluding hydrogens is 667 g/mol. The largest absolute Gasteiger partial charge is 0.208 e. The minimum atomic E-state index is -0.442. The maximum atomic E-state index is 5.28. The van der Waals surface area contributed by atoms with Crippen LogP contribution >= 0.6 is 0 Å². The van der Waals surface area contributed by atoms with Crippen LogP contribution < -0.4 is 0 Å². The zero-order valence-corrected chi connectivity index (χ0v) is 29.9. The third kappa shape index (κ3) is 4.80. The fourth-order valence-electron chi connectivity index (χ4n) is 8.97. The molecule has 3 nitrogen and oxygen atoms in total. The predicted molar refractivity (Wildman–Crippen MR) is 223 cm³/mol. The van der Waals surface area contributed by atoms with Crippen LogP contribution in [-0.4, -0.2) is 15.0 Å². The zero-order valence-electron chi connectivity index (χ0n) is 29.9. The predicted octanol–water partition coefficient (Wildman–Crippen LogP) is 12.6. The van der Waals surface area contributed by atoms with Gasteiger partial charge in [-0.15, -0.1) is 0 Å². The van der Waals surface area contributed by atoms with E-state index in [-0.39, 0.29) is 0 Å². The highest BCUT2D eigenvalue weighted by atomic mass is 15.0. The van der Waals surface area contributed by atoms with Gasteiger partial charge in [-0.3, -0.25) is 0 Å². The molecule has 0 saturated carbocycles. The molecule has 1 aromatic heterocycles. The Labute approximate surface area is 320 Å². The highest BCUT2D eigenvalue weighted by Gasteiger charge is 2.52. The van der Waals surface area contributed by atoms with Crippen LogP contribution in [0.15, 0.2) is 200 Å². The van der Waals surface area contributed by atoms with E-state index < -0.39 is 5.41 Å². The second-order valence-electron chi connectivity index (χ2n) is 14.3. The standard InChI is InChI=1S/C52H33N3/c1-3-14-34(15-4-1)35-26-28-36(29-27-35)37-30-32-39(33-31-37)50-53-49(38-16-5-2-6-17-38)54-51(55-50)43-21-13-25-47-48(43)42-20-9-12-24-46(42)52(47)44-22-10-7-18-40(44)41-19-8-11-23-45(41)52/h1-33H. The number of benzene rings is 8. The molecule has 1 heterocycles. The molecule has 2 aliphatic rings. The van der Waals surface area contributed by atoms with Gasteiger partial charge in [-0.2, -0.15) is 0 Å². The molecule has 0 unspecified atom stereocenters. The summed E-state index contributed by atoms with van der Waals surface area (Å²) in [5, 5.41) is 0.